The molecular formula is C14H14ClN3O2. The molecule has 1 aromatic carbocycles. The molecule has 0 radical (unpaired) electrons. The number of carbonyl (C=O) groups excluding carboxylic acids is 1. The van der Waals surface area contributed by atoms with Crippen molar-refractivity contribution >= 4 is 28.9 Å². The number of amides is 1. The molecule has 0 saturated carbocycles. The van der Waals surface area contributed by atoms with Crippen LogP contribution in [0.3, 0.4) is 0 Å². The molecule has 104 valence electrons. The van der Waals surface area contributed by atoms with Crippen molar-refractivity contribution in [3.05, 3.63) is 57.5 Å². The highest BCUT2D eigenvalue weighted by molar-refractivity contribution is 6.31. The van der Waals surface area contributed by atoms with Crippen LogP contribution in [-0.4, -0.2) is 25.0 Å². The van der Waals surface area contributed by atoms with E-state index in [1.165, 1.54) is 18.5 Å². The molecule has 1 heterocycles. The molecule has 0 saturated heterocycles. The van der Waals surface area contributed by atoms with Gasteiger partial charge < -0.3 is 15.2 Å². The molecule has 2 N–H and O–H groups in total. The Labute approximate surface area is 121 Å². The Kier molecular flexibility index (Phi) is 4.10. The number of anilines is 2. The first-order valence-corrected chi connectivity index (χ1v) is 6.32. The van der Waals surface area contributed by atoms with Crippen LogP contribution in [0.5, 0.6) is 0 Å². The van der Waals surface area contributed by atoms with Gasteiger partial charge in [-0.2, -0.15) is 0 Å². The minimum absolute atomic E-state index is 0.0529. The minimum atomic E-state index is -0.475. The highest BCUT2D eigenvalue weighted by atomic mass is 35.5. The summed E-state index contributed by atoms with van der Waals surface area (Å²) in [6, 6.07) is 6.49. The van der Waals surface area contributed by atoms with Crippen LogP contribution in [0.25, 0.3) is 0 Å². The monoisotopic (exact) mass is 291 g/mol. The van der Waals surface area contributed by atoms with Crippen molar-refractivity contribution in [2.24, 2.45) is 0 Å². The highest BCUT2D eigenvalue weighted by Gasteiger charge is 2.13. The molecular weight excluding hydrogens is 278 g/mol. The maximum atomic E-state index is 12.1. The second-order valence-corrected chi connectivity index (χ2v) is 4.87. The third-order valence-electron chi connectivity index (χ3n) is 2.76. The number of pyridine rings is 1. The van der Waals surface area contributed by atoms with E-state index in [2.05, 4.69) is 10.3 Å². The number of nitrogens with one attached hydrogen (secondary N) is 2. The average molecular weight is 292 g/mol. The van der Waals surface area contributed by atoms with E-state index < -0.39 is 5.91 Å². The number of hydrogen-bond acceptors (Lipinski definition) is 3. The minimum Gasteiger partial charge on any atom is -0.376 e. The van der Waals surface area contributed by atoms with E-state index in [1.54, 1.807) is 18.2 Å². The van der Waals surface area contributed by atoms with E-state index in [9.17, 15) is 9.59 Å². The van der Waals surface area contributed by atoms with Crippen molar-refractivity contribution in [1.29, 1.82) is 0 Å². The topological polar surface area (TPSA) is 65.2 Å². The number of halogens is 1. The molecule has 0 unspecified atom stereocenters. The van der Waals surface area contributed by atoms with Crippen molar-refractivity contribution in [2.45, 2.75) is 0 Å². The number of hydrogen-bond donors (Lipinski definition) is 2. The fourth-order valence-electron chi connectivity index (χ4n) is 1.78. The molecule has 0 fully saturated rings. The number of H-pyrrole nitrogens is 1. The van der Waals surface area contributed by atoms with Gasteiger partial charge in [-0.25, -0.2) is 0 Å². The highest BCUT2D eigenvalue weighted by Crippen LogP contribution is 2.27. The Balaban J connectivity index is 2.35. The third-order valence-corrected chi connectivity index (χ3v) is 2.99. The number of carbonyl (C=O) groups is 1. The molecule has 2 aromatic rings. The van der Waals surface area contributed by atoms with Crippen LogP contribution < -0.4 is 15.6 Å². The Morgan fingerprint density at radius 3 is 2.70 bits per heavy atom. The summed E-state index contributed by atoms with van der Waals surface area (Å²) < 4.78 is 0. The molecule has 1 amide bonds. The number of rotatable bonds is 3. The average Bonchev–Trinajstić information content (AvgIpc) is 2.38. The quantitative estimate of drug-likeness (QED) is 0.912. The van der Waals surface area contributed by atoms with Gasteiger partial charge >= 0.3 is 0 Å². The molecule has 2 rings (SSSR count). The Morgan fingerprint density at radius 1 is 1.30 bits per heavy atom. The molecule has 5 nitrogen and oxygen atoms in total. The summed E-state index contributed by atoms with van der Waals surface area (Å²) in [7, 11) is 3.71. The molecule has 0 aliphatic heterocycles. The van der Waals surface area contributed by atoms with E-state index in [0.717, 1.165) is 5.69 Å². The summed E-state index contributed by atoms with van der Waals surface area (Å²) in [5, 5.41) is 3.21. The third kappa shape index (κ3) is 3.00. The number of benzene rings is 1. The fraction of sp³-hybridized carbons (Fsp3) is 0.143. The summed E-state index contributed by atoms with van der Waals surface area (Å²) in [6.45, 7) is 0. The van der Waals surface area contributed by atoms with E-state index in [-0.39, 0.29) is 11.0 Å². The molecule has 20 heavy (non-hydrogen) atoms. The van der Waals surface area contributed by atoms with Crippen LogP contribution in [-0.2, 0) is 0 Å². The van der Waals surface area contributed by atoms with Gasteiger partial charge in [-0.3, -0.25) is 9.59 Å². The maximum Gasteiger partial charge on any atom is 0.261 e. The molecule has 0 spiro atoms. The van der Waals surface area contributed by atoms with Gasteiger partial charge in [-0.15, -0.1) is 0 Å². The smallest absolute Gasteiger partial charge is 0.261 e. The second-order valence-electron chi connectivity index (χ2n) is 4.43. The Morgan fingerprint density at radius 2 is 2.05 bits per heavy atom. The van der Waals surface area contributed by atoms with Crippen molar-refractivity contribution in [1.82, 2.24) is 4.98 Å². The van der Waals surface area contributed by atoms with Crippen LogP contribution in [0.1, 0.15) is 10.4 Å². The lowest BCUT2D eigenvalue weighted by molar-refractivity contribution is 0.102. The van der Waals surface area contributed by atoms with Gasteiger partial charge in [0.1, 0.15) is 5.56 Å². The zero-order valence-electron chi connectivity index (χ0n) is 11.1. The fourth-order valence-corrected chi connectivity index (χ4v) is 1.95. The maximum absolute atomic E-state index is 12.1. The van der Waals surface area contributed by atoms with Crippen molar-refractivity contribution in [3.8, 4) is 0 Å². The van der Waals surface area contributed by atoms with Gasteiger partial charge in [0.25, 0.3) is 5.91 Å². The van der Waals surface area contributed by atoms with Crippen LogP contribution in [0.4, 0.5) is 11.4 Å². The zero-order valence-corrected chi connectivity index (χ0v) is 11.9. The van der Waals surface area contributed by atoms with Gasteiger partial charge in [0.2, 0.25) is 0 Å². The summed E-state index contributed by atoms with van der Waals surface area (Å²) in [6.07, 6.45) is 2.85. The second kappa shape index (κ2) is 5.79. The van der Waals surface area contributed by atoms with Crippen LogP contribution in [0.15, 0.2) is 41.5 Å². The summed E-state index contributed by atoms with van der Waals surface area (Å²) in [5.41, 5.74) is 1.07. The first-order valence-electron chi connectivity index (χ1n) is 5.94. The van der Waals surface area contributed by atoms with Crippen LogP contribution >= 0.6 is 11.6 Å². The number of aromatic amines is 1. The summed E-state index contributed by atoms with van der Waals surface area (Å²) in [5.74, 6) is -0.475. The molecule has 0 atom stereocenters. The van der Waals surface area contributed by atoms with Crippen molar-refractivity contribution < 1.29 is 4.79 Å². The normalized spacial score (nSPS) is 10.2. The van der Waals surface area contributed by atoms with Gasteiger partial charge in [0, 0.05) is 37.6 Å². The largest absolute Gasteiger partial charge is 0.376 e. The first kappa shape index (κ1) is 14.1. The summed E-state index contributed by atoms with van der Waals surface area (Å²) in [4.78, 5) is 28.3. The Hall–Kier alpha value is -2.27. The lowest BCUT2D eigenvalue weighted by atomic mass is 10.2. The molecule has 0 aliphatic rings. The van der Waals surface area contributed by atoms with E-state index in [1.807, 2.05) is 19.0 Å². The van der Waals surface area contributed by atoms with Crippen molar-refractivity contribution in [2.75, 3.05) is 24.3 Å². The van der Waals surface area contributed by atoms with E-state index in [0.29, 0.717) is 10.7 Å². The standard InChI is InChI=1S/C14H14ClN3O2/c1-18(2)12-4-3-9(15)7-11(12)17-14(20)10-8-16-6-5-13(10)19/h3-8H,1-2H3,(H,16,19)(H,17,20). The first-order chi connectivity index (χ1) is 9.49. The molecule has 6 heteroatoms. The van der Waals surface area contributed by atoms with Gasteiger partial charge in [0.05, 0.1) is 11.4 Å². The van der Waals surface area contributed by atoms with Gasteiger partial charge in [-0.1, -0.05) is 11.6 Å². The van der Waals surface area contributed by atoms with E-state index >= 15 is 0 Å². The SMILES string of the molecule is CN(C)c1ccc(Cl)cc1NC(=O)c1c[nH]ccc1=O. The van der Waals surface area contributed by atoms with Crippen LogP contribution in [0, 0.1) is 0 Å². The van der Waals surface area contributed by atoms with Crippen molar-refractivity contribution in [3.63, 3.8) is 0 Å². The van der Waals surface area contributed by atoms with Gasteiger partial charge in [-0.05, 0) is 18.2 Å². The molecule has 0 bridgehead atoms. The lowest BCUT2D eigenvalue weighted by Crippen LogP contribution is -2.22. The number of aromatic nitrogens is 1. The lowest BCUT2D eigenvalue weighted by Gasteiger charge is -2.18. The molecule has 0 aliphatic carbocycles. The van der Waals surface area contributed by atoms with Crippen LogP contribution in [0.2, 0.25) is 5.02 Å². The van der Waals surface area contributed by atoms with E-state index in [4.69, 9.17) is 11.6 Å². The predicted octanol–water partition coefficient (Wildman–Crippen LogP) is 2.35. The van der Waals surface area contributed by atoms with Gasteiger partial charge in [0.15, 0.2) is 5.43 Å². The zero-order chi connectivity index (χ0) is 14.7. The summed E-state index contributed by atoms with van der Waals surface area (Å²) >= 11 is 5.94. The Bertz CT molecular complexity index is 695. The molecule has 1 aromatic heterocycles. The predicted molar refractivity (Wildman–Crippen MR) is 80.8 cm³/mol. The number of nitrogens with zero attached hydrogens (tertiary/aromatic N) is 1.